The van der Waals surface area contributed by atoms with Crippen molar-refractivity contribution in [1.29, 1.82) is 10.5 Å². The Morgan fingerprint density at radius 1 is 0.511 bits per heavy atom. The quantitative estimate of drug-likeness (QED) is 0.0860. The molecule has 4 fully saturated rings. The fourth-order valence-electron chi connectivity index (χ4n) is 11.8. The average molecular weight is 1220 g/mol. The Morgan fingerprint density at radius 2 is 0.922 bits per heavy atom. The van der Waals surface area contributed by atoms with Gasteiger partial charge in [0.15, 0.2) is 0 Å². The molecule has 2 aliphatic heterocycles. The van der Waals surface area contributed by atoms with E-state index in [0.29, 0.717) is 46.9 Å². The van der Waals surface area contributed by atoms with Crippen LogP contribution in [0.1, 0.15) is 116 Å². The molecule has 22 heteroatoms. The van der Waals surface area contributed by atoms with Crippen molar-refractivity contribution in [3.8, 4) is 46.4 Å². The number of hydrogen-bond donors (Lipinski definition) is 2. The van der Waals surface area contributed by atoms with Crippen LogP contribution in [0, 0.1) is 57.6 Å². The highest BCUT2D eigenvalue weighted by atomic mass is 19.1. The van der Waals surface area contributed by atoms with E-state index in [1.54, 1.807) is 36.4 Å². The van der Waals surface area contributed by atoms with E-state index < -0.39 is 46.8 Å². The van der Waals surface area contributed by atoms with Gasteiger partial charge in [0.1, 0.15) is 59.8 Å². The number of nitriles is 2. The summed E-state index contributed by atoms with van der Waals surface area (Å²) in [5.74, 6) is -4.94. The van der Waals surface area contributed by atoms with E-state index in [2.05, 4.69) is 9.97 Å². The van der Waals surface area contributed by atoms with E-state index >= 15 is 17.6 Å². The minimum Gasteiger partial charge on any atom is -0.478 e. The SMILES string of the molecule is N#Cc1ccc(COc2cccc(-c3cc(F)c(Cc4nc5ccc(C(=O)O)cc5n4C4COC5(CC5)C4)cc3F)n2)c(F)c1.N#Cc1ccc(COc2cccc(-c3cc(F)c(Cc4nc5ccc(C(=O)O)cc5n4C4COC5(CC5)C4)cc3F)n2)c(F)c1. The molecule has 6 aromatic carbocycles. The number of benzene rings is 6. The van der Waals surface area contributed by atoms with Gasteiger partial charge in [0.2, 0.25) is 11.8 Å². The molecule has 90 heavy (non-hydrogen) atoms. The number of ether oxygens (including phenoxy) is 4. The van der Waals surface area contributed by atoms with Crippen molar-refractivity contribution in [2.75, 3.05) is 13.2 Å². The second-order valence-corrected chi connectivity index (χ2v) is 22.9. The van der Waals surface area contributed by atoms with Crippen LogP contribution in [0.25, 0.3) is 44.6 Å². The number of aromatic carboxylic acids is 2. The van der Waals surface area contributed by atoms with Gasteiger partial charge in [-0.05, 0) is 147 Å². The second kappa shape index (κ2) is 23.6. The predicted octanol–water partition coefficient (Wildman–Crippen LogP) is 13.5. The minimum absolute atomic E-state index is 0.0314. The number of fused-ring (bicyclic) bond motifs is 2. The first-order chi connectivity index (χ1) is 43.4. The summed E-state index contributed by atoms with van der Waals surface area (Å²) in [5.41, 5.74) is 3.27. The van der Waals surface area contributed by atoms with Gasteiger partial charge in [-0.25, -0.2) is 55.9 Å². The molecule has 0 amide bonds. The number of pyridine rings is 2. The Labute approximate surface area is 508 Å². The number of carboxylic acids is 2. The van der Waals surface area contributed by atoms with Crippen molar-refractivity contribution >= 4 is 34.0 Å². The molecule has 10 aromatic rings. The molecule has 6 heterocycles. The first kappa shape index (κ1) is 58.6. The molecule has 2 unspecified atom stereocenters. The molecule has 4 aromatic heterocycles. The smallest absolute Gasteiger partial charge is 0.335 e. The Morgan fingerprint density at radius 3 is 1.29 bits per heavy atom. The summed E-state index contributed by atoms with van der Waals surface area (Å²) in [6, 6.07) is 34.4. The molecule has 2 saturated heterocycles. The highest BCUT2D eigenvalue weighted by Gasteiger charge is 2.52. The van der Waals surface area contributed by atoms with Gasteiger partial charge in [0.05, 0.1) is 104 Å². The van der Waals surface area contributed by atoms with Crippen LogP contribution < -0.4 is 9.47 Å². The standard InChI is InChI=1S/2C34H25F3N4O4/c2*35-25-10-19(16-38)4-5-21(25)17-44-32-3-1-2-28(40-32)24-14-26(36)22(11-27(24)37)13-31-39-29-7-6-20(33(42)43)12-30(29)41(31)23-15-34(8-9-34)45-18-23/h2*1-7,10-12,14,23H,8-9,13,15,17-18H2,(H,42,43). The summed E-state index contributed by atoms with van der Waals surface area (Å²) in [7, 11) is 0. The van der Waals surface area contributed by atoms with E-state index in [4.69, 9.17) is 39.4 Å². The van der Waals surface area contributed by atoms with Crippen molar-refractivity contribution in [2.45, 2.75) is 87.9 Å². The van der Waals surface area contributed by atoms with Gasteiger partial charge >= 0.3 is 11.9 Å². The number of hydrogen-bond acceptors (Lipinski definition) is 12. The Bertz CT molecular complexity index is 4360. The monoisotopic (exact) mass is 1220 g/mol. The highest BCUT2D eigenvalue weighted by molar-refractivity contribution is 5.93. The summed E-state index contributed by atoms with van der Waals surface area (Å²) in [4.78, 5) is 41.4. The third-order valence-corrected chi connectivity index (χ3v) is 16.8. The molecule has 0 bridgehead atoms. The van der Waals surface area contributed by atoms with Crippen LogP contribution in [0.5, 0.6) is 11.8 Å². The maximum absolute atomic E-state index is 15.6. The third kappa shape index (κ3) is 11.9. The van der Waals surface area contributed by atoms with Crippen molar-refractivity contribution in [2.24, 2.45) is 0 Å². The van der Waals surface area contributed by atoms with Crippen LogP contribution in [0.15, 0.2) is 133 Å². The molecular formula is C68H50F6N8O8. The van der Waals surface area contributed by atoms with Crippen LogP contribution in [-0.4, -0.2) is 75.6 Å². The van der Waals surface area contributed by atoms with Crippen molar-refractivity contribution in [3.63, 3.8) is 0 Å². The topological polar surface area (TPSA) is 221 Å². The molecule has 14 rings (SSSR count). The zero-order valence-electron chi connectivity index (χ0n) is 47.5. The van der Waals surface area contributed by atoms with Crippen LogP contribution in [0.4, 0.5) is 26.3 Å². The van der Waals surface area contributed by atoms with Gasteiger partial charge in [0.25, 0.3) is 0 Å². The van der Waals surface area contributed by atoms with Crippen LogP contribution in [0.3, 0.4) is 0 Å². The van der Waals surface area contributed by atoms with Crippen LogP contribution in [-0.2, 0) is 35.5 Å². The number of halogens is 6. The van der Waals surface area contributed by atoms with Gasteiger partial charge in [-0.15, -0.1) is 0 Å². The Kier molecular flexibility index (Phi) is 15.4. The summed E-state index contributed by atoms with van der Waals surface area (Å²) >= 11 is 0. The molecule has 2 atom stereocenters. The predicted molar refractivity (Wildman–Crippen MR) is 312 cm³/mol. The van der Waals surface area contributed by atoms with Gasteiger partial charge in [-0.2, -0.15) is 10.5 Å². The summed E-state index contributed by atoms with van der Waals surface area (Å²) in [6.07, 6.45) is 5.24. The van der Waals surface area contributed by atoms with Crippen molar-refractivity contribution < 1.29 is 65.1 Å². The van der Waals surface area contributed by atoms with Crippen LogP contribution in [0.2, 0.25) is 0 Å². The van der Waals surface area contributed by atoms with Crippen molar-refractivity contribution in [3.05, 3.63) is 225 Å². The van der Waals surface area contributed by atoms with Crippen molar-refractivity contribution in [1.82, 2.24) is 29.1 Å². The zero-order chi connectivity index (χ0) is 62.6. The number of aromatic nitrogens is 6. The van der Waals surface area contributed by atoms with E-state index in [-0.39, 0.29) is 128 Å². The van der Waals surface area contributed by atoms with Crippen LogP contribution >= 0.6 is 0 Å². The molecule has 2 N–H and O–H groups in total. The number of carbonyl (C=O) groups is 2. The minimum atomic E-state index is -1.07. The molecule has 452 valence electrons. The second-order valence-electron chi connectivity index (χ2n) is 22.9. The lowest BCUT2D eigenvalue weighted by atomic mass is 10.0. The third-order valence-electron chi connectivity index (χ3n) is 16.8. The largest absolute Gasteiger partial charge is 0.478 e. The van der Waals surface area contributed by atoms with Gasteiger partial charge in [-0.1, -0.05) is 24.3 Å². The molecule has 2 spiro atoms. The molecule has 0 radical (unpaired) electrons. The fourth-order valence-corrected chi connectivity index (χ4v) is 11.8. The van der Waals surface area contributed by atoms with Gasteiger partial charge in [-0.3, -0.25) is 0 Å². The summed E-state index contributed by atoms with van der Waals surface area (Å²) in [5, 5.41) is 37.0. The number of rotatable bonds is 16. The average Bonchev–Trinajstić information content (AvgIpc) is 1.62. The first-order valence-electron chi connectivity index (χ1n) is 28.7. The summed E-state index contributed by atoms with van der Waals surface area (Å²) < 4.78 is 118. The maximum atomic E-state index is 15.6. The summed E-state index contributed by atoms with van der Waals surface area (Å²) in [6.45, 7) is 0.499. The van der Waals surface area contributed by atoms with E-state index in [9.17, 15) is 28.6 Å². The molecule has 16 nitrogen and oxygen atoms in total. The van der Waals surface area contributed by atoms with E-state index in [1.165, 1.54) is 60.7 Å². The lowest BCUT2D eigenvalue weighted by Gasteiger charge is -2.16. The lowest BCUT2D eigenvalue weighted by molar-refractivity contribution is 0.0686. The maximum Gasteiger partial charge on any atom is 0.335 e. The normalized spacial score (nSPS) is 16.6. The number of nitrogens with zero attached hydrogens (tertiary/aromatic N) is 8. The number of carboxylic acid groups (broad SMARTS) is 2. The molecular weight excluding hydrogens is 1170 g/mol. The van der Waals surface area contributed by atoms with Gasteiger partial charge < -0.3 is 38.3 Å². The van der Waals surface area contributed by atoms with Gasteiger partial charge in [0, 0.05) is 47.2 Å². The van der Waals surface area contributed by atoms with E-state index in [1.807, 2.05) is 21.3 Å². The molecule has 4 aliphatic rings. The molecule has 2 saturated carbocycles. The first-order valence-corrected chi connectivity index (χ1v) is 28.7. The fraction of sp³-hybridized carbons (Fsp3) is 0.235. The number of imidazole rings is 2. The lowest BCUT2D eigenvalue weighted by Crippen LogP contribution is -2.14. The van der Waals surface area contributed by atoms with E-state index in [0.717, 1.165) is 74.9 Å². The highest BCUT2D eigenvalue weighted by Crippen LogP contribution is 2.53. The zero-order valence-corrected chi connectivity index (χ0v) is 47.5. The Hall–Kier alpha value is -10.4. The Balaban J connectivity index is 0.000000165. The molecule has 2 aliphatic carbocycles.